The second-order valence-corrected chi connectivity index (χ2v) is 9.54. The molecule has 12 heteroatoms. The maximum atomic E-state index is 12.0. The van der Waals surface area contributed by atoms with Gasteiger partial charge in [-0.2, -0.15) is 0 Å². The highest BCUT2D eigenvalue weighted by Crippen LogP contribution is 2.28. The summed E-state index contributed by atoms with van der Waals surface area (Å²) in [4.78, 5) is 25.4. The third-order valence-electron chi connectivity index (χ3n) is 6.06. The number of carbonyl (C=O) groups is 2. The molecule has 210 valence electrons. The standard InChI is InChI=1S/C25H39N3O8.ClH/c1-25(2)35-17-21(36-25)15-19(23(30)31)14-18-4-6-20(7-5-18)34-11-3-8-26-16-22(29)27-24(32)28-9-12-33-13-10-28;/h4-7,19,21-22,26,29H,3,8-17H2,1-2H3,(H,27,32)(H,30,31);1H/t19?,21-,22-;/m0./s1. The van der Waals surface area contributed by atoms with Crippen molar-refractivity contribution in [3.05, 3.63) is 29.8 Å². The highest BCUT2D eigenvalue weighted by Gasteiger charge is 2.35. The molecule has 1 unspecified atom stereocenters. The van der Waals surface area contributed by atoms with E-state index in [4.69, 9.17) is 18.9 Å². The first-order chi connectivity index (χ1) is 17.2. The van der Waals surface area contributed by atoms with Gasteiger partial charge in [-0.05, 0) is 57.4 Å². The van der Waals surface area contributed by atoms with E-state index in [1.54, 1.807) is 4.90 Å². The van der Waals surface area contributed by atoms with Crippen molar-refractivity contribution in [3.63, 3.8) is 0 Å². The molecule has 0 bridgehead atoms. The van der Waals surface area contributed by atoms with Crippen LogP contribution in [0.4, 0.5) is 4.79 Å². The van der Waals surface area contributed by atoms with Gasteiger partial charge in [0.25, 0.3) is 0 Å². The Bertz CT molecular complexity index is 836. The van der Waals surface area contributed by atoms with Crippen molar-refractivity contribution in [2.75, 3.05) is 52.6 Å². The minimum Gasteiger partial charge on any atom is -0.494 e. The summed E-state index contributed by atoms with van der Waals surface area (Å²) in [6.07, 6.45) is 0.328. The Morgan fingerprint density at radius 1 is 1.22 bits per heavy atom. The van der Waals surface area contributed by atoms with Gasteiger partial charge >= 0.3 is 12.0 Å². The summed E-state index contributed by atoms with van der Waals surface area (Å²) < 4.78 is 22.3. The van der Waals surface area contributed by atoms with Crippen LogP contribution in [0.5, 0.6) is 5.75 Å². The molecule has 2 saturated heterocycles. The van der Waals surface area contributed by atoms with Gasteiger partial charge in [-0.25, -0.2) is 4.79 Å². The lowest BCUT2D eigenvalue weighted by molar-refractivity contribution is -0.149. The normalized spacial score (nSPS) is 20.5. The van der Waals surface area contributed by atoms with Gasteiger partial charge in [-0.1, -0.05) is 12.1 Å². The Morgan fingerprint density at radius 2 is 1.92 bits per heavy atom. The van der Waals surface area contributed by atoms with E-state index in [9.17, 15) is 19.8 Å². The first-order valence-corrected chi connectivity index (χ1v) is 12.5. The van der Waals surface area contributed by atoms with E-state index in [1.165, 1.54) is 0 Å². The van der Waals surface area contributed by atoms with Gasteiger partial charge in [0.2, 0.25) is 0 Å². The number of halogens is 1. The molecule has 2 fully saturated rings. The smallest absolute Gasteiger partial charge is 0.319 e. The average Bonchev–Trinajstić information content (AvgIpc) is 3.20. The fraction of sp³-hybridized carbons (Fsp3) is 0.680. The molecule has 4 N–H and O–H groups in total. The van der Waals surface area contributed by atoms with Crippen LogP contribution in [0.3, 0.4) is 0 Å². The molecule has 0 saturated carbocycles. The van der Waals surface area contributed by atoms with Gasteiger partial charge in [-0.3, -0.25) is 4.79 Å². The van der Waals surface area contributed by atoms with Crippen molar-refractivity contribution in [2.45, 2.75) is 51.2 Å². The molecular weight excluding hydrogens is 506 g/mol. The number of nitrogens with one attached hydrogen (secondary N) is 2. The van der Waals surface area contributed by atoms with E-state index >= 15 is 0 Å². The third kappa shape index (κ3) is 11.0. The molecule has 11 nitrogen and oxygen atoms in total. The molecule has 0 aromatic heterocycles. The number of hydrogen-bond donors (Lipinski definition) is 4. The van der Waals surface area contributed by atoms with Gasteiger partial charge in [0.05, 0.1) is 38.4 Å². The fourth-order valence-electron chi connectivity index (χ4n) is 4.15. The predicted molar refractivity (Wildman–Crippen MR) is 138 cm³/mol. The second-order valence-electron chi connectivity index (χ2n) is 9.54. The van der Waals surface area contributed by atoms with Crippen LogP contribution in [0, 0.1) is 5.92 Å². The number of carbonyl (C=O) groups excluding carboxylic acids is 1. The lowest BCUT2D eigenvalue weighted by Crippen LogP contribution is -2.51. The summed E-state index contributed by atoms with van der Waals surface area (Å²) in [5, 5.41) is 25.3. The second kappa shape index (κ2) is 15.3. The summed E-state index contributed by atoms with van der Waals surface area (Å²) >= 11 is 0. The maximum Gasteiger partial charge on any atom is 0.319 e. The molecule has 2 aliphatic rings. The minimum atomic E-state index is -0.970. The van der Waals surface area contributed by atoms with Crippen LogP contribution in [0.25, 0.3) is 0 Å². The van der Waals surface area contributed by atoms with Crippen molar-refractivity contribution < 1.29 is 38.7 Å². The first-order valence-electron chi connectivity index (χ1n) is 12.5. The Labute approximate surface area is 224 Å². The van der Waals surface area contributed by atoms with Crippen LogP contribution in [0.1, 0.15) is 32.3 Å². The molecule has 0 aliphatic carbocycles. The van der Waals surface area contributed by atoms with Crippen LogP contribution in [0.2, 0.25) is 0 Å². The van der Waals surface area contributed by atoms with Crippen molar-refractivity contribution in [1.29, 1.82) is 0 Å². The maximum absolute atomic E-state index is 12.0. The topological polar surface area (TPSA) is 139 Å². The van der Waals surface area contributed by atoms with E-state index in [2.05, 4.69) is 10.6 Å². The minimum absolute atomic E-state index is 0. The number of carboxylic acids is 1. The summed E-state index contributed by atoms with van der Waals surface area (Å²) in [6, 6.07) is 7.15. The zero-order chi connectivity index (χ0) is 26.0. The number of rotatable bonds is 13. The van der Waals surface area contributed by atoms with E-state index in [0.29, 0.717) is 71.1 Å². The summed E-state index contributed by atoms with van der Waals surface area (Å²) in [5.74, 6) is -1.36. The monoisotopic (exact) mass is 545 g/mol. The van der Waals surface area contributed by atoms with E-state index < -0.39 is 23.9 Å². The Hall–Kier alpha value is -2.15. The first kappa shape index (κ1) is 31.1. The molecule has 0 radical (unpaired) electrons. The SMILES string of the molecule is CC1(C)OC[C@H](CC(Cc2ccc(OCCCNC[C@H](O)NC(=O)N3CCOCC3)cc2)C(=O)O)O1.Cl. The third-order valence-corrected chi connectivity index (χ3v) is 6.06. The quantitative estimate of drug-likeness (QED) is 0.215. The molecule has 1 aromatic carbocycles. The number of urea groups is 1. The highest BCUT2D eigenvalue weighted by atomic mass is 35.5. The number of amides is 2. The summed E-state index contributed by atoms with van der Waals surface area (Å²) in [6.45, 7) is 7.46. The Balaban J connectivity index is 0.00000481. The van der Waals surface area contributed by atoms with Crippen LogP contribution in [-0.4, -0.2) is 97.8 Å². The summed E-state index contributed by atoms with van der Waals surface area (Å²) in [7, 11) is 0. The van der Waals surface area contributed by atoms with Crippen LogP contribution in [-0.2, 0) is 25.4 Å². The average molecular weight is 546 g/mol. The van der Waals surface area contributed by atoms with E-state index in [-0.39, 0.29) is 31.1 Å². The van der Waals surface area contributed by atoms with Crippen molar-refractivity contribution >= 4 is 24.4 Å². The lowest BCUT2D eigenvalue weighted by Gasteiger charge is -2.28. The zero-order valence-corrected chi connectivity index (χ0v) is 22.3. The number of morpholine rings is 1. The molecule has 2 amide bonds. The number of carboxylic acid groups (broad SMARTS) is 1. The molecule has 3 rings (SSSR count). The molecule has 0 spiro atoms. The van der Waals surface area contributed by atoms with Gasteiger partial charge in [-0.15, -0.1) is 12.4 Å². The Morgan fingerprint density at radius 3 is 2.54 bits per heavy atom. The number of ether oxygens (including phenoxy) is 4. The molecule has 2 heterocycles. The fourth-order valence-corrected chi connectivity index (χ4v) is 4.15. The van der Waals surface area contributed by atoms with Gasteiger partial charge in [0.15, 0.2) is 5.79 Å². The molecule has 1 aromatic rings. The number of benzene rings is 1. The zero-order valence-electron chi connectivity index (χ0n) is 21.5. The predicted octanol–water partition coefficient (Wildman–Crippen LogP) is 1.61. The number of aliphatic hydroxyl groups excluding tert-OH is 1. The van der Waals surface area contributed by atoms with Crippen molar-refractivity contribution in [3.8, 4) is 5.75 Å². The number of aliphatic carboxylic acids is 1. The number of nitrogens with zero attached hydrogens (tertiary/aromatic N) is 1. The van der Waals surface area contributed by atoms with E-state index in [1.807, 2.05) is 38.1 Å². The van der Waals surface area contributed by atoms with Crippen molar-refractivity contribution in [2.24, 2.45) is 5.92 Å². The van der Waals surface area contributed by atoms with Crippen LogP contribution < -0.4 is 15.4 Å². The molecular formula is C25H40ClN3O8. The largest absolute Gasteiger partial charge is 0.494 e. The van der Waals surface area contributed by atoms with Crippen LogP contribution >= 0.6 is 12.4 Å². The summed E-state index contributed by atoms with van der Waals surface area (Å²) in [5.41, 5.74) is 0.919. The van der Waals surface area contributed by atoms with Gasteiger partial charge in [0, 0.05) is 19.6 Å². The molecule has 37 heavy (non-hydrogen) atoms. The molecule has 2 aliphatic heterocycles. The highest BCUT2D eigenvalue weighted by molar-refractivity contribution is 5.85. The molecule has 3 atom stereocenters. The Kier molecular flexibility index (Phi) is 12.9. The van der Waals surface area contributed by atoms with E-state index in [0.717, 1.165) is 5.56 Å². The van der Waals surface area contributed by atoms with Gasteiger partial charge in [0.1, 0.15) is 12.0 Å². The number of aliphatic hydroxyl groups is 1. The van der Waals surface area contributed by atoms with Crippen LogP contribution in [0.15, 0.2) is 24.3 Å². The van der Waals surface area contributed by atoms with Gasteiger partial charge < -0.3 is 44.7 Å². The lowest BCUT2D eigenvalue weighted by atomic mass is 9.94. The number of hydrogen-bond acceptors (Lipinski definition) is 8. The van der Waals surface area contributed by atoms with Crippen molar-refractivity contribution in [1.82, 2.24) is 15.5 Å².